The summed E-state index contributed by atoms with van der Waals surface area (Å²) < 4.78 is 0. The van der Waals surface area contributed by atoms with Gasteiger partial charge in [-0.25, -0.2) is 0 Å². The van der Waals surface area contributed by atoms with E-state index in [1.54, 1.807) is 33.0 Å². The maximum absolute atomic E-state index is 2.59. The van der Waals surface area contributed by atoms with Crippen molar-refractivity contribution in [2.75, 3.05) is 0 Å². The second-order valence-corrected chi connectivity index (χ2v) is 12.4. The number of unbranched alkanes of at least 4 members (excludes halogenated alkanes) is 1. The van der Waals surface area contributed by atoms with E-state index in [4.69, 9.17) is 0 Å². The van der Waals surface area contributed by atoms with Crippen LogP contribution in [-0.2, 0) is 6.42 Å². The van der Waals surface area contributed by atoms with E-state index in [1.807, 2.05) is 0 Å². The molecular formula is C22H26Si. The van der Waals surface area contributed by atoms with Crippen molar-refractivity contribution in [1.29, 1.82) is 0 Å². The van der Waals surface area contributed by atoms with Gasteiger partial charge >= 0.3 is 0 Å². The van der Waals surface area contributed by atoms with Crippen LogP contribution in [0.1, 0.15) is 48.9 Å². The zero-order valence-corrected chi connectivity index (χ0v) is 15.7. The van der Waals surface area contributed by atoms with Crippen molar-refractivity contribution < 1.29 is 0 Å². The molecule has 1 heteroatoms. The molecule has 1 atom stereocenters. The van der Waals surface area contributed by atoms with Crippen LogP contribution in [0.25, 0.3) is 17.2 Å². The predicted octanol–water partition coefficient (Wildman–Crippen LogP) is 5.66. The van der Waals surface area contributed by atoms with Gasteiger partial charge in [0.25, 0.3) is 0 Å². The Morgan fingerprint density at radius 1 is 1.09 bits per heavy atom. The Hall–Kier alpha value is -1.60. The summed E-state index contributed by atoms with van der Waals surface area (Å²) in [5.41, 5.74) is 10.2. The second-order valence-electron chi connectivity index (χ2n) is 7.80. The Bertz CT molecular complexity index is 796. The van der Waals surface area contributed by atoms with Crippen molar-refractivity contribution in [1.82, 2.24) is 0 Å². The van der Waals surface area contributed by atoms with E-state index in [2.05, 4.69) is 69.4 Å². The molecule has 0 spiro atoms. The zero-order chi connectivity index (χ0) is 16.2. The van der Waals surface area contributed by atoms with Gasteiger partial charge in [-0.3, -0.25) is 0 Å². The Morgan fingerprint density at radius 3 is 2.52 bits per heavy atom. The highest BCUT2D eigenvalue weighted by Gasteiger charge is 2.49. The number of benzene rings is 2. The van der Waals surface area contributed by atoms with E-state index in [0.29, 0.717) is 5.54 Å². The van der Waals surface area contributed by atoms with Crippen LogP contribution in [0.5, 0.6) is 0 Å². The Kier molecular flexibility index (Phi) is 3.38. The summed E-state index contributed by atoms with van der Waals surface area (Å²) in [4.78, 5) is 0. The summed E-state index contributed by atoms with van der Waals surface area (Å²) in [6.45, 7) is 9.80. The summed E-state index contributed by atoms with van der Waals surface area (Å²) in [5, 5.41) is 1.70. The molecule has 0 saturated carbocycles. The van der Waals surface area contributed by atoms with Crippen LogP contribution in [0.4, 0.5) is 0 Å². The lowest BCUT2D eigenvalue weighted by Crippen LogP contribution is -2.43. The van der Waals surface area contributed by atoms with Gasteiger partial charge in [0, 0.05) is 5.54 Å². The van der Waals surface area contributed by atoms with E-state index >= 15 is 0 Å². The molecule has 118 valence electrons. The van der Waals surface area contributed by atoms with Gasteiger partial charge in [0.1, 0.15) is 0 Å². The first-order chi connectivity index (χ1) is 11.1. The van der Waals surface area contributed by atoms with Crippen molar-refractivity contribution >= 4 is 19.3 Å². The van der Waals surface area contributed by atoms with Crippen LogP contribution in [0, 0.1) is 0 Å². The van der Waals surface area contributed by atoms with Crippen LogP contribution >= 0.6 is 0 Å². The second kappa shape index (κ2) is 5.21. The third-order valence-electron chi connectivity index (χ3n) is 5.89. The fraction of sp³-hybridized carbons (Fsp3) is 0.364. The molecule has 2 aromatic carbocycles. The van der Waals surface area contributed by atoms with Crippen molar-refractivity contribution in [3.63, 3.8) is 0 Å². The molecule has 0 fully saturated rings. The lowest BCUT2D eigenvalue weighted by molar-refractivity contribution is 0.794. The number of hydrogen-bond donors (Lipinski definition) is 0. The third-order valence-corrected chi connectivity index (χ3v) is 9.86. The summed E-state index contributed by atoms with van der Waals surface area (Å²) in [6.07, 6.45) is 6.32. The number of hydrogen-bond acceptors (Lipinski definition) is 0. The molecule has 0 aromatic heterocycles. The van der Waals surface area contributed by atoms with Gasteiger partial charge in [0.15, 0.2) is 0 Å². The van der Waals surface area contributed by atoms with E-state index in [1.165, 1.54) is 24.8 Å². The zero-order valence-electron chi connectivity index (χ0n) is 14.7. The fourth-order valence-corrected chi connectivity index (χ4v) is 8.89. The molecule has 0 N–H and O–H groups in total. The minimum absolute atomic E-state index is 0.707. The van der Waals surface area contributed by atoms with Crippen molar-refractivity contribution in [3.8, 4) is 11.1 Å². The highest BCUT2D eigenvalue weighted by atomic mass is 28.3. The first-order valence-electron chi connectivity index (χ1n) is 8.99. The first kappa shape index (κ1) is 15.0. The monoisotopic (exact) mass is 318 g/mol. The van der Waals surface area contributed by atoms with Crippen molar-refractivity contribution in [3.05, 3.63) is 58.7 Å². The molecule has 0 saturated heterocycles. The van der Waals surface area contributed by atoms with Crippen LogP contribution in [0.2, 0.25) is 13.1 Å². The maximum Gasteiger partial charge on any atom is 0.0931 e. The van der Waals surface area contributed by atoms with E-state index in [0.717, 1.165) is 0 Å². The molecular weight excluding hydrogens is 292 g/mol. The van der Waals surface area contributed by atoms with Gasteiger partial charge in [-0.1, -0.05) is 79.7 Å². The number of fused-ring (bicyclic) bond motifs is 1. The molecule has 0 nitrogen and oxygen atoms in total. The van der Waals surface area contributed by atoms with Crippen LogP contribution < -0.4 is 5.19 Å². The molecule has 0 radical (unpaired) electrons. The van der Waals surface area contributed by atoms with Gasteiger partial charge in [-0.15, -0.1) is 0 Å². The Morgan fingerprint density at radius 2 is 1.83 bits per heavy atom. The van der Waals surface area contributed by atoms with E-state index in [-0.39, 0.29) is 0 Å². The summed E-state index contributed by atoms with van der Waals surface area (Å²) >= 11 is 0. The van der Waals surface area contributed by atoms with Gasteiger partial charge in [-0.05, 0) is 47.6 Å². The standard InChI is InChI=1S/C22H26Si/c1-5-6-10-17-14-19-20(16-11-8-7-9-12-16)21-18(17)13-15(2)22(21)23(19,3)4/h7-9,11-14,22H,5-6,10H2,1-4H3. The summed E-state index contributed by atoms with van der Waals surface area (Å²) in [7, 11) is -1.47. The SMILES string of the molecule is CCCCc1cc2c(-c3ccccc3)c3c1C=C(C)C3[Si]2(C)C. The lowest BCUT2D eigenvalue weighted by atomic mass is 9.91. The van der Waals surface area contributed by atoms with Crippen LogP contribution in [0.3, 0.4) is 0 Å². The molecule has 1 heterocycles. The first-order valence-corrected chi connectivity index (χ1v) is 12.1. The Labute approximate surface area is 141 Å². The minimum Gasteiger partial charge on any atom is -0.0675 e. The predicted molar refractivity (Wildman–Crippen MR) is 104 cm³/mol. The summed E-state index contributed by atoms with van der Waals surface area (Å²) in [5.74, 6) is 0. The Balaban J connectivity index is 1.99. The average molecular weight is 319 g/mol. The highest BCUT2D eigenvalue weighted by Crippen LogP contribution is 2.52. The average Bonchev–Trinajstić information content (AvgIpc) is 2.97. The van der Waals surface area contributed by atoms with E-state index < -0.39 is 8.07 Å². The highest BCUT2D eigenvalue weighted by molar-refractivity contribution is 6.94. The summed E-state index contributed by atoms with van der Waals surface area (Å²) in [6, 6.07) is 13.7. The minimum atomic E-state index is -1.47. The number of rotatable bonds is 4. The molecule has 1 aliphatic heterocycles. The number of allylic oxidation sites excluding steroid dienone is 1. The smallest absolute Gasteiger partial charge is 0.0675 e. The third kappa shape index (κ3) is 2.02. The fourth-order valence-electron chi connectivity index (χ4n) is 4.87. The van der Waals surface area contributed by atoms with Gasteiger partial charge in [0.2, 0.25) is 0 Å². The molecule has 4 rings (SSSR count). The quantitative estimate of drug-likeness (QED) is 0.638. The molecule has 1 aliphatic carbocycles. The van der Waals surface area contributed by atoms with Crippen molar-refractivity contribution in [2.45, 2.75) is 51.7 Å². The molecule has 1 unspecified atom stereocenters. The number of aryl methyl sites for hydroxylation is 1. The molecule has 2 bridgehead atoms. The maximum atomic E-state index is 2.59. The van der Waals surface area contributed by atoms with Gasteiger partial charge in [0.05, 0.1) is 8.07 Å². The molecule has 0 amide bonds. The topological polar surface area (TPSA) is 0 Å². The molecule has 2 aliphatic rings. The molecule has 2 aromatic rings. The molecule has 23 heavy (non-hydrogen) atoms. The lowest BCUT2D eigenvalue weighted by Gasteiger charge is -2.26. The van der Waals surface area contributed by atoms with Gasteiger partial charge in [-0.2, -0.15) is 0 Å². The van der Waals surface area contributed by atoms with Crippen molar-refractivity contribution in [2.24, 2.45) is 0 Å². The normalized spacial score (nSPS) is 20.0. The van der Waals surface area contributed by atoms with Gasteiger partial charge < -0.3 is 0 Å². The van der Waals surface area contributed by atoms with E-state index in [9.17, 15) is 0 Å². The largest absolute Gasteiger partial charge is 0.0931 e. The van der Waals surface area contributed by atoms with Crippen LogP contribution in [0.15, 0.2) is 42.0 Å². The van der Waals surface area contributed by atoms with Crippen LogP contribution in [-0.4, -0.2) is 8.07 Å².